The summed E-state index contributed by atoms with van der Waals surface area (Å²) in [7, 11) is 0. The van der Waals surface area contributed by atoms with Gasteiger partial charge in [-0.1, -0.05) is 55.8 Å². The normalized spacial score (nSPS) is 11.3. The van der Waals surface area contributed by atoms with Crippen LogP contribution < -0.4 is 10.3 Å². The van der Waals surface area contributed by atoms with Crippen molar-refractivity contribution in [3.63, 3.8) is 0 Å². The minimum atomic E-state index is -0.460. The number of nitro benzene ring substituents is 1. The molecule has 2 heterocycles. The molecule has 2 aromatic carbocycles. The van der Waals surface area contributed by atoms with E-state index in [-0.39, 0.29) is 23.6 Å². The van der Waals surface area contributed by atoms with Gasteiger partial charge in [0.1, 0.15) is 0 Å². The van der Waals surface area contributed by atoms with Gasteiger partial charge in [-0.25, -0.2) is 0 Å². The molecule has 0 radical (unpaired) electrons. The lowest BCUT2D eigenvalue weighted by molar-refractivity contribution is -0.385. The van der Waals surface area contributed by atoms with Crippen LogP contribution in [0.2, 0.25) is 0 Å². The molecular formula is C22H23N5O4S. The number of hydrogen-bond acceptors (Lipinski definition) is 7. The Bertz CT molecular complexity index is 1320. The largest absolute Gasteiger partial charge is 0.486 e. The van der Waals surface area contributed by atoms with Crippen LogP contribution in [0.15, 0.2) is 58.5 Å². The van der Waals surface area contributed by atoms with Crippen molar-refractivity contribution in [3.8, 4) is 5.75 Å². The van der Waals surface area contributed by atoms with Crippen molar-refractivity contribution in [3.05, 3.63) is 69.0 Å². The van der Waals surface area contributed by atoms with Gasteiger partial charge in [-0.05, 0) is 24.6 Å². The first-order chi connectivity index (χ1) is 15.6. The van der Waals surface area contributed by atoms with E-state index in [9.17, 15) is 14.9 Å². The first kappa shape index (κ1) is 21.8. The highest BCUT2D eigenvalue weighted by atomic mass is 32.2. The molecule has 0 saturated heterocycles. The molecular weight excluding hydrogens is 430 g/mol. The van der Waals surface area contributed by atoms with Crippen LogP contribution in [-0.2, 0) is 6.54 Å². The molecule has 0 amide bonds. The van der Waals surface area contributed by atoms with Gasteiger partial charge >= 0.3 is 5.69 Å². The topological polar surface area (TPSA) is 105 Å². The monoisotopic (exact) mass is 453 g/mol. The average molecular weight is 454 g/mol. The van der Waals surface area contributed by atoms with Gasteiger partial charge in [0.25, 0.3) is 5.56 Å². The van der Waals surface area contributed by atoms with E-state index in [2.05, 4.69) is 17.1 Å². The van der Waals surface area contributed by atoms with E-state index in [0.717, 1.165) is 24.8 Å². The van der Waals surface area contributed by atoms with Crippen molar-refractivity contribution < 1.29 is 9.66 Å². The molecule has 2 aromatic heterocycles. The van der Waals surface area contributed by atoms with Crippen LogP contribution in [0.25, 0.3) is 16.7 Å². The summed E-state index contributed by atoms with van der Waals surface area (Å²) in [5.41, 5.74) is 0.631. The lowest BCUT2D eigenvalue weighted by Gasteiger charge is -2.11. The molecule has 166 valence electrons. The van der Waals surface area contributed by atoms with Crippen LogP contribution in [0.3, 0.4) is 0 Å². The van der Waals surface area contributed by atoms with E-state index in [1.807, 2.05) is 28.7 Å². The van der Waals surface area contributed by atoms with Crippen molar-refractivity contribution in [2.75, 3.05) is 12.4 Å². The Labute approximate surface area is 188 Å². The Morgan fingerprint density at radius 3 is 2.69 bits per heavy atom. The molecule has 0 bridgehead atoms. The summed E-state index contributed by atoms with van der Waals surface area (Å²) in [5.74, 6) is 1.27. The molecule has 0 atom stereocenters. The third-order valence-electron chi connectivity index (χ3n) is 5.10. The number of benzene rings is 2. The molecule has 0 aliphatic rings. The molecule has 32 heavy (non-hydrogen) atoms. The Hall–Kier alpha value is -3.40. The van der Waals surface area contributed by atoms with Gasteiger partial charge < -0.3 is 4.74 Å². The molecule has 0 aliphatic carbocycles. The van der Waals surface area contributed by atoms with Crippen molar-refractivity contribution in [2.45, 2.75) is 37.9 Å². The standard InChI is InChI=1S/C22H23N5O4S/c1-2-3-8-13-25-20(28)16-9-4-5-10-17(16)26-21(25)23-24-22(26)32-15-14-31-19-12-7-6-11-18(19)27(29)30/h4-7,9-12H,2-3,8,13-15H2,1H3. The van der Waals surface area contributed by atoms with Gasteiger partial charge in [-0.15, -0.1) is 10.2 Å². The van der Waals surface area contributed by atoms with E-state index in [4.69, 9.17) is 4.74 Å². The van der Waals surface area contributed by atoms with Crippen LogP contribution in [0.4, 0.5) is 5.69 Å². The number of nitrogens with zero attached hydrogens (tertiary/aromatic N) is 5. The quantitative estimate of drug-likeness (QED) is 0.152. The summed E-state index contributed by atoms with van der Waals surface area (Å²) in [5, 5.41) is 21.0. The number of fused-ring (bicyclic) bond motifs is 3. The summed E-state index contributed by atoms with van der Waals surface area (Å²) >= 11 is 1.43. The lowest BCUT2D eigenvalue weighted by Crippen LogP contribution is -2.23. The molecule has 0 aliphatic heterocycles. The fourth-order valence-electron chi connectivity index (χ4n) is 3.56. The van der Waals surface area contributed by atoms with Crippen LogP contribution in [0.5, 0.6) is 5.75 Å². The summed E-state index contributed by atoms with van der Waals surface area (Å²) in [6.07, 6.45) is 2.99. The zero-order chi connectivity index (χ0) is 22.5. The number of rotatable bonds is 10. The van der Waals surface area contributed by atoms with Gasteiger partial charge in [0.05, 0.1) is 22.4 Å². The maximum Gasteiger partial charge on any atom is 0.310 e. The van der Waals surface area contributed by atoms with Crippen molar-refractivity contribution >= 4 is 34.1 Å². The zero-order valence-corrected chi connectivity index (χ0v) is 18.5. The Morgan fingerprint density at radius 2 is 1.88 bits per heavy atom. The number of para-hydroxylation sites is 3. The van der Waals surface area contributed by atoms with Crippen LogP contribution in [-0.4, -0.2) is 36.4 Å². The van der Waals surface area contributed by atoms with Gasteiger partial charge in [0, 0.05) is 18.4 Å². The SMILES string of the molecule is CCCCCn1c(=O)c2ccccc2n2c(SCCOc3ccccc3[N+](=O)[O-])nnc12. The molecule has 0 spiro atoms. The van der Waals surface area contributed by atoms with E-state index < -0.39 is 4.92 Å². The van der Waals surface area contributed by atoms with Crippen molar-refractivity contribution in [2.24, 2.45) is 0 Å². The summed E-state index contributed by atoms with van der Waals surface area (Å²) in [6, 6.07) is 13.7. The number of nitro groups is 1. The third kappa shape index (κ3) is 4.31. The second kappa shape index (κ2) is 9.82. The minimum Gasteiger partial charge on any atom is -0.486 e. The predicted octanol–water partition coefficient (Wildman–Crippen LogP) is 4.31. The predicted molar refractivity (Wildman–Crippen MR) is 124 cm³/mol. The van der Waals surface area contributed by atoms with Gasteiger partial charge in [-0.2, -0.15) is 0 Å². The number of hydrogen-bond donors (Lipinski definition) is 0. The van der Waals surface area contributed by atoms with Crippen molar-refractivity contribution in [1.29, 1.82) is 0 Å². The van der Waals surface area contributed by atoms with E-state index in [0.29, 0.717) is 28.6 Å². The van der Waals surface area contributed by atoms with Crippen molar-refractivity contribution in [1.82, 2.24) is 19.2 Å². The molecule has 0 unspecified atom stereocenters. The van der Waals surface area contributed by atoms with E-state index in [1.54, 1.807) is 22.8 Å². The average Bonchev–Trinajstić information content (AvgIpc) is 3.23. The van der Waals surface area contributed by atoms with Gasteiger partial charge in [0.2, 0.25) is 5.78 Å². The van der Waals surface area contributed by atoms with Gasteiger partial charge in [0.15, 0.2) is 10.9 Å². The zero-order valence-electron chi connectivity index (χ0n) is 17.6. The first-order valence-corrected chi connectivity index (χ1v) is 11.5. The molecule has 0 saturated carbocycles. The molecule has 9 nitrogen and oxygen atoms in total. The smallest absolute Gasteiger partial charge is 0.310 e. The second-order valence-corrected chi connectivity index (χ2v) is 8.28. The fraction of sp³-hybridized carbons (Fsp3) is 0.318. The summed E-state index contributed by atoms with van der Waals surface area (Å²) < 4.78 is 9.22. The molecule has 0 N–H and O–H groups in total. The minimum absolute atomic E-state index is 0.0622. The Morgan fingerprint density at radius 1 is 1.09 bits per heavy atom. The Kier molecular flexibility index (Phi) is 6.69. The summed E-state index contributed by atoms with van der Waals surface area (Å²) in [4.78, 5) is 23.7. The number of aryl methyl sites for hydroxylation is 1. The van der Waals surface area contributed by atoms with E-state index >= 15 is 0 Å². The molecule has 4 aromatic rings. The molecule has 0 fully saturated rings. The molecule has 10 heteroatoms. The highest BCUT2D eigenvalue weighted by Crippen LogP contribution is 2.27. The first-order valence-electron chi connectivity index (χ1n) is 10.5. The maximum atomic E-state index is 13.1. The highest BCUT2D eigenvalue weighted by Gasteiger charge is 2.17. The third-order valence-corrected chi connectivity index (χ3v) is 5.99. The number of aromatic nitrogens is 4. The summed E-state index contributed by atoms with van der Waals surface area (Å²) in [6.45, 7) is 2.97. The molecule has 4 rings (SSSR count). The van der Waals surface area contributed by atoms with E-state index in [1.165, 1.54) is 17.8 Å². The van der Waals surface area contributed by atoms with Crippen LogP contribution >= 0.6 is 11.8 Å². The lowest BCUT2D eigenvalue weighted by atomic mass is 10.2. The number of ether oxygens (including phenoxy) is 1. The van der Waals surface area contributed by atoms with Crippen LogP contribution in [0, 0.1) is 10.1 Å². The fourth-order valence-corrected chi connectivity index (χ4v) is 4.32. The van der Waals surface area contributed by atoms with Gasteiger partial charge in [-0.3, -0.25) is 23.9 Å². The second-order valence-electron chi connectivity index (χ2n) is 7.22. The maximum absolute atomic E-state index is 13.1. The number of unbranched alkanes of at least 4 members (excludes halogenated alkanes) is 2. The Balaban J connectivity index is 1.59. The number of thioether (sulfide) groups is 1. The highest BCUT2D eigenvalue weighted by molar-refractivity contribution is 7.99. The van der Waals surface area contributed by atoms with Crippen LogP contribution in [0.1, 0.15) is 26.2 Å².